The van der Waals surface area contributed by atoms with Crippen molar-refractivity contribution >= 4 is 21.5 Å². The first-order chi connectivity index (χ1) is 8.93. The Balaban J connectivity index is 2.49. The minimum atomic E-state index is -3.86. The molecule has 0 bridgehead atoms. The maximum Gasteiger partial charge on any atom is 0.267 e. The number of hydrogen-bond donors (Lipinski definition) is 1. The number of nitrogens with two attached hydrogens (primary N) is 1. The third-order valence-electron chi connectivity index (χ3n) is 2.61. The Kier molecular flexibility index (Phi) is 3.39. The molecule has 0 aliphatic heterocycles. The van der Waals surface area contributed by atoms with Gasteiger partial charge < -0.3 is 5.73 Å². The SMILES string of the molecule is CN(c1cccc(F)c1)S(=O)(=O)c1cccnc1N. The van der Waals surface area contributed by atoms with Crippen LogP contribution in [-0.2, 0) is 10.0 Å². The number of pyridine rings is 1. The standard InChI is InChI=1S/C12H12FN3O2S/c1-16(10-5-2-4-9(13)8-10)19(17,18)11-6-3-7-15-12(11)14/h2-8H,1H3,(H2,14,15). The highest BCUT2D eigenvalue weighted by atomic mass is 32.2. The smallest absolute Gasteiger partial charge is 0.267 e. The third kappa shape index (κ3) is 2.50. The van der Waals surface area contributed by atoms with Crippen molar-refractivity contribution in [2.24, 2.45) is 0 Å². The zero-order valence-electron chi connectivity index (χ0n) is 10.1. The Morgan fingerprint density at radius 1 is 1.26 bits per heavy atom. The zero-order chi connectivity index (χ0) is 14.0. The van der Waals surface area contributed by atoms with Gasteiger partial charge in [-0.3, -0.25) is 4.31 Å². The highest BCUT2D eigenvalue weighted by molar-refractivity contribution is 7.93. The van der Waals surface area contributed by atoms with Crippen molar-refractivity contribution in [1.82, 2.24) is 4.98 Å². The van der Waals surface area contributed by atoms with Gasteiger partial charge in [0.2, 0.25) is 0 Å². The lowest BCUT2D eigenvalue weighted by molar-refractivity contribution is 0.594. The average molecular weight is 281 g/mol. The Labute approximate surface area is 110 Å². The summed E-state index contributed by atoms with van der Waals surface area (Å²) in [5.74, 6) is -0.607. The number of aromatic nitrogens is 1. The van der Waals surface area contributed by atoms with Crippen LogP contribution in [0.4, 0.5) is 15.9 Å². The second kappa shape index (κ2) is 4.85. The molecule has 0 amide bonds. The van der Waals surface area contributed by atoms with Gasteiger partial charge in [-0.1, -0.05) is 6.07 Å². The number of benzene rings is 1. The first kappa shape index (κ1) is 13.3. The molecule has 0 aliphatic carbocycles. The van der Waals surface area contributed by atoms with Crippen molar-refractivity contribution in [2.75, 3.05) is 17.1 Å². The molecule has 0 saturated carbocycles. The molecule has 2 aromatic rings. The lowest BCUT2D eigenvalue weighted by Crippen LogP contribution is -2.27. The highest BCUT2D eigenvalue weighted by Crippen LogP contribution is 2.24. The molecule has 0 unspecified atom stereocenters. The maximum atomic E-state index is 13.1. The number of sulfonamides is 1. The highest BCUT2D eigenvalue weighted by Gasteiger charge is 2.24. The van der Waals surface area contributed by atoms with Gasteiger partial charge in [-0.15, -0.1) is 0 Å². The van der Waals surface area contributed by atoms with E-state index in [0.717, 1.165) is 10.4 Å². The molecule has 2 N–H and O–H groups in total. The molecule has 0 aliphatic rings. The van der Waals surface area contributed by atoms with Crippen molar-refractivity contribution in [3.63, 3.8) is 0 Å². The molecule has 0 radical (unpaired) electrons. The first-order valence-electron chi connectivity index (χ1n) is 5.38. The summed E-state index contributed by atoms with van der Waals surface area (Å²) in [6.07, 6.45) is 1.40. The topological polar surface area (TPSA) is 76.3 Å². The van der Waals surface area contributed by atoms with Gasteiger partial charge in [0.25, 0.3) is 10.0 Å². The number of nitrogen functional groups attached to an aromatic ring is 1. The number of nitrogens with zero attached hydrogens (tertiary/aromatic N) is 2. The van der Waals surface area contributed by atoms with Crippen LogP contribution in [0.1, 0.15) is 0 Å². The van der Waals surface area contributed by atoms with E-state index in [0.29, 0.717) is 0 Å². The lowest BCUT2D eigenvalue weighted by atomic mass is 10.3. The summed E-state index contributed by atoms with van der Waals surface area (Å²) in [5.41, 5.74) is 5.77. The first-order valence-corrected chi connectivity index (χ1v) is 6.82. The molecule has 0 atom stereocenters. The van der Waals surface area contributed by atoms with Crippen LogP contribution in [0.25, 0.3) is 0 Å². The summed E-state index contributed by atoms with van der Waals surface area (Å²) in [5, 5.41) is 0. The fraction of sp³-hybridized carbons (Fsp3) is 0.0833. The van der Waals surface area contributed by atoms with Crippen LogP contribution in [-0.4, -0.2) is 20.4 Å². The second-order valence-electron chi connectivity index (χ2n) is 3.84. The van der Waals surface area contributed by atoms with E-state index >= 15 is 0 Å². The monoisotopic (exact) mass is 281 g/mol. The summed E-state index contributed by atoms with van der Waals surface area (Å²) in [4.78, 5) is 3.63. The van der Waals surface area contributed by atoms with Crippen molar-refractivity contribution in [2.45, 2.75) is 4.90 Å². The van der Waals surface area contributed by atoms with Crippen molar-refractivity contribution < 1.29 is 12.8 Å². The van der Waals surface area contributed by atoms with E-state index in [1.165, 1.54) is 43.6 Å². The van der Waals surface area contributed by atoms with Gasteiger partial charge in [0.05, 0.1) is 5.69 Å². The van der Waals surface area contributed by atoms with E-state index in [1.807, 2.05) is 0 Å². The normalized spacial score (nSPS) is 11.3. The Hall–Kier alpha value is -2.15. The van der Waals surface area contributed by atoms with Crippen LogP contribution in [0, 0.1) is 5.82 Å². The third-order valence-corrected chi connectivity index (χ3v) is 4.44. The minimum Gasteiger partial charge on any atom is -0.383 e. The van der Waals surface area contributed by atoms with Crippen LogP contribution in [0.3, 0.4) is 0 Å². The van der Waals surface area contributed by atoms with Gasteiger partial charge in [0.1, 0.15) is 16.5 Å². The average Bonchev–Trinajstić information content (AvgIpc) is 2.38. The summed E-state index contributed by atoms with van der Waals surface area (Å²) >= 11 is 0. The zero-order valence-corrected chi connectivity index (χ0v) is 10.9. The van der Waals surface area contributed by atoms with E-state index in [-0.39, 0.29) is 16.4 Å². The molecule has 0 fully saturated rings. The molecule has 0 saturated heterocycles. The van der Waals surface area contributed by atoms with Gasteiger partial charge in [0.15, 0.2) is 0 Å². The largest absolute Gasteiger partial charge is 0.383 e. The predicted molar refractivity (Wildman–Crippen MR) is 70.6 cm³/mol. The molecule has 2 rings (SSSR count). The summed E-state index contributed by atoms with van der Waals surface area (Å²) < 4.78 is 38.8. The van der Waals surface area contributed by atoms with Gasteiger partial charge in [0, 0.05) is 13.2 Å². The second-order valence-corrected chi connectivity index (χ2v) is 5.78. The van der Waals surface area contributed by atoms with Crippen LogP contribution >= 0.6 is 0 Å². The Bertz CT molecular complexity index is 704. The van der Waals surface area contributed by atoms with Crippen LogP contribution < -0.4 is 10.0 Å². The van der Waals surface area contributed by atoms with E-state index in [2.05, 4.69) is 4.98 Å². The van der Waals surface area contributed by atoms with Gasteiger partial charge in [-0.2, -0.15) is 0 Å². The van der Waals surface area contributed by atoms with Crippen molar-refractivity contribution in [1.29, 1.82) is 0 Å². The molecular weight excluding hydrogens is 269 g/mol. The van der Waals surface area contributed by atoms with Crippen LogP contribution in [0.15, 0.2) is 47.5 Å². The van der Waals surface area contributed by atoms with E-state index in [9.17, 15) is 12.8 Å². The van der Waals surface area contributed by atoms with E-state index < -0.39 is 15.8 Å². The molecular formula is C12H12FN3O2S. The number of hydrogen-bond acceptors (Lipinski definition) is 4. The van der Waals surface area contributed by atoms with Gasteiger partial charge >= 0.3 is 0 Å². The van der Waals surface area contributed by atoms with E-state index in [4.69, 9.17) is 5.73 Å². The minimum absolute atomic E-state index is 0.0919. The van der Waals surface area contributed by atoms with Gasteiger partial charge in [-0.05, 0) is 30.3 Å². The number of rotatable bonds is 3. The fourth-order valence-corrected chi connectivity index (χ4v) is 2.83. The molecule has 100 valence electrons. The van der Waals surface area contributed by atoms with Gasteiger partial charge in [-0.25, -0.2) is 17.8 Å². The Morgan fingerprint density at radius 2 is 2.00 bits per heavy atom. The summed E-state index contributed by atoms with van der Waals surface area (Å²) in [6, 6.07) is 8.12. The fourth-order valence-electron chi connectivity index (χ4n) is 1.58. The summed E-state index contributed by atoms with van der Waals surface area (Å²) in [7, 11) is -2.53. The van der Waals surface area contributed by atoms with Crippen LogP contribution in [0.2, 0.25) is 0 Å². The molecule has 1 heterocycles. The quantitative estimate of drug-likeness (QED) is 0.927. The maximum absolute atomic E-state index is 13.1. The van der Waals surface area contributed by atoms with Crippen molar-refractivity contribution in [3.8, 4) is 0 Å². The summed E-state index contributed by atoms with van der Waals surface area (Å²) in [6.45, 7) is 0. The number of anilines is 2. The predicted octanol–water partition coefficient (Wildman–Crippen LogP) is 1.63. The molecule has 1 aromatic carbocycles. The molecule has 7 heteroatoms. The van der Waals surface area contributed by atoms with E-state index in [1.54, 1.807) is 0 Å². The van der Waals surface area contributed by atoms with Crippen LogP contribution in [0.5, 0.6) is 0 Å². The molecule has 19 heavy (non-hydrogen) atoms. The van der Waals surface area contributed by atoms with Crippen molar-refractivity contribution in [3.05, 3.63) is 48.4 Å². The molecule has 0 spiro atoms. The number of halogens is 1. The Morgan fingerprint density at radius 3 is 2.63 bits per heavy atom. The molecule has 1 aromatic heterocycles. The molecule has 5 nitrogen and oxygen atoms in total. The lowest BCUT2D eigenvalue weighted by Gasteiger charge is -2.20.